The lowest BCUT2D eigenvalue weighted by molar-refractivity contribution is 0.102. The van der Waals surface area contributed by atoms with Crippen LogP contribution in [-0.4, -0.2) is 15.5 Å². The van der Waals surface area contributed by atoms with Gasteiger partial charge in [-0.1, -0.05) is 23.4 Å². The highest BCUT2D eigenvalue weighted by Gasteiger charge is 2.14. The van der Waals surface area contributed by atoms with Crippen LogP contribution < -0.4 is 5.32 Å². The SMILES string of the molecule is C#Cc1cccc(NC(=O)c2snnc2CC)c1. The van der Waals surface area contributed by atoms with Gasteiger partial charge in [0.05, 0.1) is 5.69 Å². The summed E-state index contributed by atoms with van der Waals surface area (Å²) >= 11 is 1.10. The molecule has 0 saturated carbocycles. The van der Waals surface area contributed by atoms with Gasteiger partial charge < -0.3 is 5.32 Å². The zero-order chi connectivity index (χ0) is 13.0. The molecule has 1 heterocycles. The molecule has 1 aromatic heterocycles. The molecule has 1 aromatic carbocycles. The van der Waals surface area contributed by atoms with E-state index in [2.05, 4.69) is 20.8 Å². The third-order valence-corrected chi connectivity index (χ3v) is 3.15. The molecule has 0 atom stereocenters. The van der Waals surface area contributed by atoms with E-state index in [0.29, 0.717) is 22.7 Å². The van der Waals surface area contributed by atoms with Crippen molar-refractivity contribution >= 4 is 23.1 Å². The zero-order valence-electron chi connectivity index (χ0n) is 9.80. The lowest BCUT2D eigenvalue weighted by atomic mass is 10.2. The number of hydrogen-bond donors (Lipinski definition) is 1. The molecule has 0 bridgehead atoms. The standard InChI is InChI=1S/C13H11N3OS/c1-3-9-6-5-7-10(8-9)14-13(17)12-11(4-2)15-16-18-12/h1,5-8H,4H2,2H3,(H,14,17). The summed E-state index contributed by atoms with van der Waals surface area (Å²) in [7, 11) is 0. The summed E-state index contributed by atoms with van der Waals surface area (Å²) in [4.78, 5) is 12.6. The number of carbonyl (C=O) groups excluding carboxylic acids is 1. The van der Waals surface area contributed by atoms with Crippen LogP contribution in [0.5, 0.6) is 0 Å². The molecule has 1 amide bonds. The van der Waals surface area contributed by atoms with Gasteiger partial charge in [0.2, 0.25) is 0 Å². The van der Waals surface area contributed by atoms with Crippen LogP contribution in [-0.2, 0) is 6.42 Å². The molecule has 1 N–H and O–H groups in total. The number of amides is 1. The Bertz CT molecular complexity index is 613. The third kappa shape index (κ3) is 2.55. The van der Waals surface area contributed by atoms with Crippen molar-refractivity contribution in [2.45, 2.75) is 13.3 Å². The number of rotatable bonds is 3. The van der Waals surface area contributed by atoms with Crippen LogP contribution in [0.25, 0.3) is 0 Å². The quantitative estimate of drug-likeness (QED) is 0.859. The van der Waals surface area contributed by atoms with Gasteiger partial charge in [0, 0.05) is 11.3 Å². The van der Waals surface area contributed by atoms with Gasteiger partial charge in [-0.15, -0.1) is 11.5 Å². The van der Waals surface area contributed by atoms with Crippen LogP contribution >= 0.6 is 11.5 Å². The average molecular weight is 257 g/mol. The number of terminal acetylenes is 1. The van der Waals surface area contributed by atoms with Gasteiger partial charge in [0.1, 0.15) is 4.88 Å². The van der Waals surface area contributed by atoms with Gasteiger partial charge in [0.25, 0.3) is 5.91 Å². The van der Waals surface area contributed by atoms with Crippen LogP contribution in [0.1, 0.15) is 27.9 Å². The minimum atomic E-state index is -0.198. The number of hydrogen-bond acceptors (Lipinski definition) is 4. The maximum absolute atomic E-state index is 12.0. The van der Waals surface area contributed by atoms with Crippen molar-refractivity contribution in [2.75, 3.05) is 5.32 Å². The molecule has 4 nitrogen and oxygen atoms in total. The maximum atomic E-state index is 12.0. The van der Waals surface area contributed by atoms with Crippen molar-refractivity contribution in [3.05, 3.63) is 40.4 Å². The summed E-state index contributed by atoms with van der Waals surface area (Å²) in [5, 5.41) is 6.70. The lowest BCUT2D eigenvalue weighted by Gasteiger charge is -2.04. The number of anilines is 1. The third-order valence-electron chi connectivity index (χ3n) is 2.38. The molecule has 0 aliphatic rings. The first-order chi connectivity index (χ1) is 8.74. The minimum absolute atomic E-state index is 0.198. The fraction of sp³-hybridized carbons (Fsp3) is 0.154. The number of nitrogens with one attached hydrogen (secondary N) is 1. The average Bonchev–Trinajstić information content (AvgIpc) is 2.87. The van der Waals surface area contributed by atoms with Gasteiger partial charge in [-0.05, 0) is 36.2 Å². The Morgan fingerprint density at radius 1 is 1.56 bits per heavy atom. The molecule has 0 aliphatic carbocycles. The predicted molar refractivity (Wildman–Crippen MR) is 71.6 cm³/mol. The largest absolute Gasteiger partial charge is 0.321 e. The van der Waals surface area contributed by atoms with E-state index in [4.69, 9.17) is 6.42 Å². The fourth-order valence-electron chi connectivity index (χ4n) is 1.49. The first kappa shape index (κ1) is 12.3. The second kappa shape index (κ2) is 5.43. The van der Waals surface area contributed by atoms with Crippen molar-refractivity contribution in [1.82, 2.24) is 9.59 Å². The van der Waals surface area contributed by atoms with E-state index in [1.165, 1.54) is 0 Å². The predicted octanol–water partition coefficient (Wildman–Crippen LogP) is 2.33. The summed E-state index contributed by atoms with van der Waals surface area (Å²) in [6, 6.07) is 7.15. The highest BCUT2D eigenvalue weighted by Crippen LogP contribution is 2.15. The topological polar surface area (TPSA) is 54.9 Å². The van der Waals surface area contributed by atoms with Gasteiger partial charge in [-0.3, -0.25) is 4.79 Å². The van der Waals surface area contributed by atoms with E-state index in [9.17, 15) is 4.79 Å². The molecule has 2 aromatic rings. The van der Waals surface area contributed by atoms with Crippen molar-refractivity contribution in [2.24, 2.45) is 0 Å². The monoisotopic (exact) mass is 257 g/mol. The van der Waals surface area contributed by atoms with Crippen LogP contribution in [0.4, 0.5) is 5.69 Å². The molecule has 90 valence electrons. The van der Waals surface area contributed by atoms with E-state index in [0.717, 1.165) is 17.1 Å². The molecule has 18 heavy (non-hydrogen) atoms. The Morgan fingerprint density at radius 3 is 3.11 bits per heavy atom. The number of nitrogens with zero attached hydrogens (tertiary/aromatic N) is 2. The number of carbonyl (C=O) groups is 1. The summed E-state index contributed by atoms with van der Waals surface area (Å²) in [6.45, 7) is 1.94. The molecular formula is C13H11N3OS. The van der Waals surface area contributed by atoms with Crippen LogP contribution in [0.3, 0.4) is 0 Å². The fourth-order valence-corrected chi connectivity index (χ4v) is 2.13. The number of aromatic nitrogens is 2. The Balaban J connectivity index is 2.19. The van der Waals surface area contributed by atoms with Crippen LogP contribution in [0, 0.1) is 12.3 Å². The Labute approximate surface area is 109 Å². The van der Waals surface area contributed by atoms with E-state index >= 15 is 0 Å². The van der Waals surface area contributed by atoms with Gasteiger partial charge in [-0.25, -0.2) is 0 Å². The summed E-state index contributed by atoms with van der Waals surface area (Å²) in [5.74, 6) is 2.33. The van der Waals surface area contributed by atoms with E-state index < -0.39 is 0 Å². The van der Waals surface area contributed by atoms with Gasteiger partial charge in [-0.2, -0.15) is 0 Å². The zero-order valence-corrected chi connectivity index (χ0v) is 10.6. The summed E-state index contributed by atoms with van der Waals surface area (Å²) in [6.07, 6.45) is 5.99. The molecule has 2 rings (SSSR count). The minimum Gasteiger partial charge on any atom is -0.321 e. The second-order valence-electron chi connectivity index (χ2n) is 3.58. The van der Waals surface area contributed by atoms with Gasteiger partial charge in [0.15, 0.2) is 0 Å². The first-order valence-corrected chi connectivity index (χ1v) is 6.21. The molecular weight excluding hydrogens is 246 g/mol. The highest BCUT2D eigenvalue weighted by molar-refractivity contribution is 7.08. The number of benzene rings is 1. The van der Waals surface area contributed by atoms with E-state index in [1.54, 1.807) is 24.3 Å². The highest BCUT2D eigenvalue weighted by atomic mass is 32.1. The van der Waals surface area contributed by atoms with Crippen molar-refractivity contribution < 1.29 is 4.79 Å². The van der Waals surface area contributed by atoms with Crippen molar-refractivity contribution in [3.63, 3.8) is 0 Å². The van der Waals surface area contributed by atoms with Gasteiger partial charge >= 0.3 is 0 Å². The first-order valence-electron chi connectivity index (χ1n) is 5.44. The molecule has 0 spiro atoms. The normalized spacial score (nSPS) is 9.78. The second-order valence-corrected chi connectivity index (χ2v) is 4.34. The molecule has 0 aliphatic heterocycles. The lowest BCUT2D eigenvalue weighted by Crippen LogP contribution is -2.12. The number of aryl methyl sites for hydroxylation is 1. The van der Waals surface area contributed by atoms with Crippen LogP contribution in [0.2, 0.25) is 0 Å². The van der Waals surface area contributed by atoms with E-state index in [-0.39, 0.29) is 5.91 Å². The van der Waals surface area contributed by atoms with E-state index in [1.807, 2.05) is 6.92 Å². The van der Waals surface area contributed by atoms with Crippen molar-refractivity contribution in [1.29, 1.82) is 0 Å². The molecule has 0 saturated heterocycles. The molecule has 0 unspecified atom stereocenters. The van der Waals surface area contributed by atoms with Crippen molar-refractivity contribution in [3.8, 4) is 12.3 Å². The smallest absolute Gasteiger partial charge is 0.269 e. The maximum Gasteiger partial charge on any atom is 0.269 e. The molecule has 5 heteroatoms. The summed E-state index contributed by atoms with van der Waals surface area (Å²) in [5.41, 5.74) is 2.11. The molecule has 0 fully saturated rings. The van der Waals surface area contributed by atoms with Crippen LogP contribution in [0.15, 0.2) is 24.3 Å². The Kier molecular flexibility index (Phi) is 3.70. The Hall–Kier alpha value is -2.19. The Morgan fingerprint density at radius 2 is 2.39 bits per heavy atom. The summed E-state index contributed by atoms with van der Waals surface area (Å²) < 4.78 is 3.79. The molecule has 0 radical (unpaired) electrons.